The van der Waals surface area contributed by atoms with E-state index in [9.17, 15) is 14.2 Å². The molecule has 9 nitrogen and oxygen atoms in total. The van der Waals surface area contributed by atoms with E-state index >= 15 is 0 Å². The van der Waals surface area contributed by atoms with Crippen LogP contribution in [0.3, 0.4) is 0 Å². The van der Waals surface area contributed by atoms with E-state index in [1.54, 1.807) is 0 Å². The second-order valence-corrected chi connectivity index (χ2v) is 11.7. The maximum atomic E-state index is 12.8. The molecule has 0 aromatic heterocycles. The van der Waals surface area contributed by atoms with Crippen LogP contribution in [0.25, 0.3) is 0 Å². The number of quaternary nitrogens is 1. The van der Waals surface area contributed by atoms with Gasteiger partial charge in [-0.2, -0.15) is 0 Å². The van der Waals surface area contributed by atoms with Crippen molar-refractivity contribution in [3.8, 4) is 0 Å². The molecule has 0 aliphatic carbocycles. The molecule has 0 saturated carbocycles. The van der Waals surface area contributed by atoms with Gasteiger partial charge in [-0.3, -0.25) is 23.2 Å². The van der Waals surface area contributed by atoms with Crippen molar-refractivity contribution in [2.45, 2.75) is 97.0 Å². The quantitative estimate of drug-likeness (QED) is 0.0731. The lowest BCUT2D eigenvalue weighted by atomic mass is 10.1. The molecule has 2 unspecified atom stereocenters. The van der Waals surface area contributed by atoms with Crippen molar-refractivity contribution < 1.29 is 41.7 Å². The number of hydrogen-bond donors (Lipinski definition) is 0. The van der Waals surface area contributed by atoms with E-state index in [2.05, 4.69) is 13.8 Å². The molecule has 0 bridgehead atoms. The van der Waals surface area contributed by atoms with Crippen LogP contribution < -0.4 is 0 Å². The molecule has 35 heavy (non-hydrogen) atoms. The molecule has 10 heteroatoms. The molecule has 0 spiro atoms. The molecule has 0 aliphatic rings. The maximum absolute atomic E-state index is 12.8. The summed E-state index contributed by atoms with van der Waals surface area (Å²) in [4.78, 5) is 24.4. The Kier molecular flexibility index (Phi) is 19.5. The average Bonchev–Trinajstić information content (AvgIpc) is 2.79. The highest BCUT2D eigenvalue weighted by Crippen LogP contribution is 2.48. The smallest absolute Gasteiger partial charge is 0.462 e. The van der Waals surface area contributed by atoms with Crippen LogP contribution in [-0.2, 0) is 37.2 Å². The lowest BCUT2D eigenvalue weighted by molar-refractivity contribution is -0.870. The Bertz CT molecular complexity index is 609. The highest BCUT2D eigenvalue weighted by Gasteiger charge is 2.29. The normalized spacial score (nSPS) is 14.3. The van der Waals surface area contributed by atoms with Gasteiger partial charge in [-0.15, -0.1) is 0 Å². The molecule has 0 N–H and O–H groups in total. The molecule has 0 aromatic rings. The van der Waals surface area contributed by atoms with E-state index in [0.717, 1.165) is 64.2 Å². The maximum Gasteiger partial charge on any atom is 0.474 e. The molecule has 0 aliphatic heterocycles. The molecule has 0 amide bonds. The minimum atomic E-state index is -3.84. The fourth-order valence-electron chi connectivity index (χ4n) is 3.11. The first kappa shape index (κ1) is 34.0. The molecule has 0 aromatic carbocycles. The van der Waals surface area contributed by atoms with Gasteiger partial charge in [0.15, 0.2) is 6.10 Å². The largest absolute Gasteiger partial charge is 0.474 e. The second-order valence-electron chi connectivity index (χ2n) is 9.90. The molecule has 0 heterocycles. The predicted molar refractivity (Wildman–Crippen MR) is 137 cm³/mol. The summed E-state index contributed by atoms with van der Waals surface area (Å²) in [5.41, 5.74) is 0. The molecule has 0 saturated heterocycles. The number of nitrogens with zero attached hydrogens (tertiary/aromatic N) is 1. The first-order valence-corrected chi connectivity index (χ1v) is 14.6. The zero-order valence-electron chi connectivity index (χ0n) is 23.1. The van der Waals surface area contributed by atoms with Gasteiger partial charge in [-0.25, -0.2) is 4.57 Å². The number of carbonyl (C=O) groups is 2. The van der Waals surface area contributed by atoms with Gasteiger partial charge in [-0.05, 0) is 12.8 Å². The number of phosphoric ester groups is 1. The number of rotatable bonds is 23. The van der Waals surface area contributed by atoms with Crippen molar-refractivity contribution in [2.24, 2.45) is 0 Å². The number of likely N-dealkylation sites (N-methyl/N-ethyl adjacent to an activating group) is 1. The van der Waals surface area contributed by atoms with Crippen LogP contribution in [0.4, 0.5) is 0 Å². The Morgan fingerprint density at radius 3 is 1.83 bits per heavy atom. The Labute approximate surface area is 213 Å². The van der Waals surface area contributed by atoms with Gasteiger partial charge in [0.2, 0.25) is 0 Å². The standard InChI is InChI=1S/C25H51NO8P/c1-7-9-11-13-15-17-24(27)31-21-23(34-25(28)18-16-14-12-10-8-2)22-33-35(29,30-6)32-20-19-26(3,4)5/h23H,7-22H2,1-6H3/q+1. The minimum Gasteiger partial charge on any atom is -0.462 e. The molecule has 0 fully saturated rings. The molecular formula is C25H51NO8P+. The third kappa shape index (κ3) is 20.9. The Morgan fingerprint density at radius 2 is 1.31 bits per heavy atom. The van der Waals surface area contributed by atoms with E-state index in [1.807, 2.05) is 21.1 Å². The highest BCUT2D eigenvalue weighted by atomic mass is 31.2. The van der Waals surface area contributed by atoms with Crippen LogP contribution in [0.1, 0.15) is 90.9 Å². The summed E-state index contributed by atoms with van der Waals surface area (Å²) in [6.07, 6.45) is 9.84. The highest BCUT2D eigenvalue weighted by molar-refractivity contribution is 7.48. The number of carbonyl (C=O) groups excluding carboxylic acids is 2. The fraction of sp³-hybridized carbons (Fsp3) is 0.920. The zero-order chi connectivity index (χ0) is 26.6. The summed E-state index contributed by atoms with van der Waals surface area (Å²) in [7, 11) is 3.36. The number of ether oxygens (including phenoxy) is 2. The van der Waals surface area contributed by atoms with Gasteiger partial charge >= 0.3 is 19.8 Å². The lowest BCUT2D eigenvalue weighted by Crippen LogP contribution is -2.37. The second kappa shape index (κ2) is 20.1. The molecule has 0 rings (SSSR count). The lowest BCUT2D eigenvalue weighted by Gasteiger charge is -2.25. The van der Waals surface area contributed by atoms with Crippen LogP contribution in [0.2, 0.25) is 0 Å². The SMILES string of the molecule is CCCCCCCC(=O)OCC(COP(=O)(OC)OCC[N+](C)(C)C)OC(=O)CCCCCCC. The number of unbranched alkanes of at least 4 members (excludes halogenated alkanes) is 8. The number of esters is 2. The topological polar surface area (TPSA) is 97.4 Å². The average molecular weight is 525 g/mol. The van der Waals surface area contributed by atoms with Gasteiger partial charge < -0.3 is 14.0 Å². The van der Waals surface area contributed by atoms with Crippen molar-refractivity contribution in [3.05, 3.63) is 0 Å². The van der Waals surface area contributed by atoms with Crippen molar-refractivity contribution in [3.63, 3.8) is 0 Å². The van der Waals surface area contributed by atoms with E-state index in [4.69, 9.17) is 23.0 Å². The summed E-state index contributed by atoms with van der Waals surface area (Å²) in [6, 6.07) is 0. The Morgan fingerprint density at radius 1 is 0.771 bits per heavy atom. The van der Waals surface area contributed by atoms with Crippen molar-refractivity contribution in [1.29, 1.82) is 0 Å². The monoisotopic (exact) mass is 524 g/mol. The van der Waals surface area contributed by atoms with Gasteiger partial charge in [0.1, 0.15) is 19.8 Å². The number of phosphoric acid groups is 1. The Hall–Kier alpha value is -0.990. The molecule has 2 atom stereocenters. The van der Waals surface area contributed by atoms with Crippen LogP contribution >= 0.6 is 7.82 Å². The van der Waals surface area contributed by atoms with Gasteiger partial charge in [0, 0.05) is 20.0 Å². The minimum absolute atomic E-state index is 0.169. The molecular weight excluding hydrogens is 473 g/mol. The van der Waals surface area contributed by atoms with Crippen molar-refractivity contribution in [1.82, 2.24) is 0 Å². The first-order valence-electron chi connectivity index (χ1n) is 13.2. The predicted octanol–water partition coefficient (Wildman–Crippen LogP) is 5.66. The Balaban J connectivity index is 4.76. The first-order chi connectivity index (χ1) is 16.5. The number of hydrogen-bond acceptors (Lipinski definition) is 8. The van der Waals surface area contributed by atoms with E-state index in [1.165, 1.54) is 7.11 Å². The summed E-state index contributed by atoms with van der Waals surface area (Å²) in [5.74, 6) is -0.750. The summed E-state index contributed by atoms with van der Waals surface area (Å²) in [5, 5.41) is 0. The summed E-state index contributed by atoms with van der Waals surface area (Å²) >= 11 is 0. The van der Waals surface area contributed by atoms with Crippen molar-refractivity contribution in [2.75, 3.05) is 54.6 Å². The van der Waals surface area contributed by atoms with Crippen molar-refractivity contribution >= 4 is 19.8 Å². The van der Waals surface area contributed by atoms with Gasteiger partial charge in [0.05, 0.1) is 27.7 Å². The zero-order valence-corrected chi connectivity index (χ0v) is 23.9. The van der Waals surface area contributed by atoms with E-state index in [-0.39, 0.29) is 32.2 Å². The van der Waals surface area contributed by atoms with Crippen LogP contribution in [-0.4, -0.2) is 77.1 Å². The van der Waals surface area contributed by atoms with Gasteiger partial charge in [-0.1, -0.05) is 65.2 Å². The van der Waals surface area contributed by atoms with E-state index < -0.39 is 19.9 Å². The van der Waals surface area contributed by atoms with Crippen LogP contribution in [0.15, 0.2) is 0 Å². The summed E-state index contributed by atoms with van der Waals surface area (Å²) < 4.78 is 40.0. The third-order valence-corrected chi connectivity index (χ3v) is 6.76. The molecule has 208 valence electrons. The van der Waals surface area contributed by atoms with Gasteiger partial charge in [0.25, 0.3) is 0 Å². The molecule has 0 radical (unpaired) electrons. The summed E-state index contributed by atoms with van der Waals surface area (Å²) in [6.45, 7) is 4.61. The third-order valence-electron chi connectivity index (χ3n) is 5.35. The van der Waals surface area contributed by atoms with Crippen LogP contribution in [0.5, 0.6) is 0 Å². The van der Waals surface area contributed by atoms with E-state index in [0.29, 0.717) is 17.4 Å². The fourth-order valence-corrected chi connectivity index (χ4v) is 4.05. The van der Waals surface area contributed by atoms with Crippen LogP contribution in [0, 0.1) is 0 Å².